The molecule has 0 bridgehead atoms. The zero-order valence-electron chi connectivity index (χ0n) is 15.1. The van der Waals surface area contributed by atoms with Gasteiger partial charge in [-0.1, -0.05) is 23.2 Å². The number of Topliss-reactive ketones (excluding diaryl/α,β-unsaturated/α-hetero) is 1. The fourth-order valence-corrected chi connectivity index (χ4v) is 3.23. The van der Waals surface area contributed by atoms with E-state index in [2.05, 4.69) is 4.98 Å². The standard InChI is InChI=1S/C20H16Cl2N2O4/c1-11-8-15(12(2)24(11)13-5-6-16(21)17(22)9-13)18(25)10-28-20(27)14-4-3-7-23-19(14)26/h3-9H,10H2,1-2H3,(H,23,26). The third kappa shape index (κ3) is 3.88. The summed E-state index contributed by atoms with van der Waals surface area (Å²) in [5.74, 6) is -1.23. The van der Waals surface area contributed by atoms with Crippen molar-refractivity contribution in [3.8, 4) is 5.69 Å². The molecular weight excluding hydrogens is 403 g/mol. The highest BCUT2D eigenvalue weighted by atomic mass is 35.5. The molecule has 0 atom stereocenters. The van der Waals surface area contributed by atoms with Crippen molar-refractivity contribution >= 4 is 35.0 Å². The van der Waals surface area contributed by atoms with Crippen LogP contribution in [0.15, 0.2) is 47.4 Å². The number of carbonyl (C=O) groups is 2. The number of nitrogens with zero attached hydrogens (tertiary/aromatic N) is 1. The van der Waals surface area contributed by atoms with E-state index in [0.717, 1.165) is 11.4 Å². The number of pyridine rings is 1. The van der Waals surface area contributed by atoms with Crippen LogP contribution in [0, 0.1) is 13.8 Å². The Hall–Kier alpha value is -2.83. The molecule has 2 aromatic heterocycles. The second-order valence-electron chi connectivity index (χ2n) is 6.13. The monoisotopic (exact) mass is 418 g/mol. The predicted molar refractivity (Wildman–Crippen MR) is 107 cm³/mol. The van der Waals surface area contributed by atoms with Crippen LogP contribution in [0.25, 0.3) is 5.69 Å². The molecule has 0 saturated heterocycles. The van der Waals surface area contributed by atoms with Gasteiger partial charge in [0.05, 0.1) is 10.0 Å². The van der Waals surface area contributed by atoms with Gasteiger partial charge in [-0.05, 0) is 50.2 Å². The molecule has 0 radical (unpaired) electrons. The van der Waals surface area contributed by atoms with Crippen molar-refractivity contribution in [1.29, 1.82) is 0 Å². The van der Waals surface area contributed by atoms with Gasteiger partial charge in [0.1, 0.15) is 5.56 Å². The predicted octanol–water partition coefficient (Wildman–Crippen LogP) is 4.13. The van der Waals surface area contributed by atoms with Crippen molar-refractivity contribution in [1.82, 2.24) is 9.55 Å². The molecule has 0 aliphatic heterocycles. The molecule has 0 amide bonds. The average Bonchev–Trinajstić information content (AvgIpc) is 2.96. The molecule has 3 rings (SSSR count). The number of hydrogen-bond donors (Lipinski definition) is 1. The van der Waals surface area contributed by atoms with Crippen molar-refractivity contribution in [2.45, 2.75) is 13.8 Å². The van der Waals surface area contributed by atoms with Crippen molar-refractivity contribution in [3.63, 3.8) is 0 Å². The zero-order chi connectivity index (χ0) is 20.4. The van der Waals surface area contributed by atoms with E-state index in [1.807, 2.05) is 11.5 Å². The first kappa shape index (κ1) is 19.9. The smallest absolute Gasteiger partial charge is 0.344 e. The van der Waals surface area contributed by atoms with Gasteiger partial charge in [0, 0.05) is 28.8 Å². The molecule has 0 fully saturated rings. The van der Waals surface area contributed by atoms with E-state index in [0.29, 0.717) is 21.3 Å². The summed E-state index contributed by atoms with van der Waals surface area (Å²) in [6.45, 7) is 3.16. The lowest BCUT2D eigenvalue weighted by Gasteiger charge is -2.11. The van der Waals surface area contributed by atoms with Crippen LogP contribution in [0.1, 0.15) is 32.1 Å². The van der Waals surface area contributed by atoms with Gasteiger partial charge in [0.15, 0.2) is 6.61 Å². The zero-order valence-corrected chi connectivity index (χ0v) is 16.6. The summed E-state index contributed by atoms with van der Waals surface area (Å²) in [6.07, 6.45) is 1.40. The van der Waals surface area contributed by atoms with Gasteiger partial charge < -0.3 is 14.3 Å². The number of ether oxygens (including phenoxy) is 1. The van der Waals surface area contributed by atoms with E-state index in [-0.39, 0.29) is 11.3 Å². The summed E-state index contributed by atoms with van der Waals surface area (Å²) in [4.78, 5) is 38.6. The number of rotatable bonds is 5. The average molecular weight is 419 g/mol. The number of hydrogen-bond acceptors (Lipinski definition) is 4. The van der Waals surface area contributed by atoms with E-state index < -0.39 is 18.1 Å². The van der Waals surface area contributed by atoms with Crippen LogP contribution in [-0.4, -0.2) is 27.9 Å². The Kier molecular flexibility index (Phi) is 5.72. The van der Waals surface area contributed by atoms with Gasteiger partial charge in [-0.25, -0.2) is 4.79 Å². The number of aryl methyl sites for hydroxylation is 1. The molecule has 8 heteroatoms. The molecule has 3 aromatic rings. The Morgan fingerprint density at radius 2 is 1.82 bits per heavy atom. The van der Waals surface area contributed by atoms with E-state index in [1.54, 1.807) is 31.2 Å². The summed E-state index contributed by atoms with van der Waals surface area (Å²) < 4.78 is 6.87. The summed E-state index contributed by atoms with van der Waals surface area (Å²) in [6, 6.07) is 9.73. The highest BCUT2D eigenvalue weighted by molar-refractivity contribution is 6.42. The Bertz CT molecular complexity index is 1130. The van der Waals surface area contributed by atoms with Crippen LogP contribution in [-0.2, 0) is 4.74 Å². The van der Waals surface area contributed by atoms with E-state index >= 15 is 0 Å². The molecule has 2 heterocycles. The number of esters is 1. The van der Waals surface area contributed by atoms with Gasteiger partial charge in [0.2, 0.25) is 5.78 Å². The van der Waals surface area contributed by atoms with Crippen LogP contribution in [0.5, 0.6) is 0 Å². The first-order chi connectivity index (χ1) is 13.3. The Balaban J connectivity index is 1.81. The van der Waals surface area contributed by atoms with Crippen LogP contribution in [0.3, 0.4) is 0 Å². The lowest BCUT2D eigenvalue weighted by Crippen LogP contribution is -2.21. The van der Waals surface area contributed by atoms with E-state index in [9.17, 15) is 14.4 Å². The molecule has 6 nitrogen and oxygen atoms in total. The lowest BCUT2D eigenvalue weighted by atomic mass is 10.1. The van der Waals surface area contributed by atoms with E-state index in [4.69, 9.17) is 27.9 Å². The highest BCUT2D eigenvalue weighted by Crippen LogP contribution is 2.27. The third-order valence-corrected chi connectivity index (χ3v) is 5.00. The van der Waals surface area contributed by atoms with Crippen LogP contribution < -0.4 is 5.56 Å². The summed E-state index contributed by atoms with van der Waals surface area (Å²) in [7, 11) is 0. The number of carbonyl (C=O) groups excluding carboxylic acids is 2. The SMILES string of the molecule is Cc1cc(C(=O)COC(=O)c2ccc[nH]c2=O)c(C)n1-c1ccc(Cl)c(Cl)c1. The van der Waals surface area contributed by atoms with Crippen LogP contribution in [0.4, 0.5) is 0 Å². The first-order valence-electron chi connectivity index (χ1n) is 8.32. The minimum Gasteiger partial charge on any atom is -0.454 e. The molecule has 0 aliphatic carbocycles. The van der Waals surface area contributed by atoms with Crippen molar-refractivity contribution in [2.75, 3.05) is 6.61 Å². The Morgan fingerprint density at radius 3 is 2.50 bits per heavy atom. The number of ketones is 1. The lowest BCUT2D eigenvalue weighted by molar-refractivity contribution is 0.0472. The Morgan fingerprint density at radius 1 is 1.07 bits per heavy atom. The molecule has 0 saturated carbocycles. The van der Waals surface area contributed by atoms with Gasteiger partial charge >= 0.3 is 5.97 Å². The second kappa shape index (κ2) is 8.04. The molecule has 1 aromatic carbocycles. The van der Waals surface area contributed by atoms with Crippen LogP contribution >= 0.6 is 23.2 Å². The summed E-state index contributed by atoms with van der Waals surface area (Å²) in [5, 5.41) is 0.841. The third-order valence-electron chi connectivity index (χ3n) is 4.27. The van der Waals surface area contributed by atoms with Crippen molar-refractivity contribution < 1.29 is 14.3 Å². The summed E-state index contributed by atoms with van der Waals surface area (Å²) >= 11 is 12.1. The second-order valence-corrected chi connectivity index (χ2v) is 6.95. The number of aromatic nitrogens is 2. The van der Waals surface area contributed by atoms with Crippen LogP contribution in [0.2, 0.25) is 10.0 Å². The largest absolute Gasteiger partial charge is 0.454 e. The number of aromatic amines is 1. The minimum absolute atomic E-state index is 0.156. The van der Waals surface area contributed by atoms with Crippen molar-refractivity contribution in [3.05, 3.63) is 85.5 Å². The molecule has 0 aliphatic rings. The van der Waals surface area contributed by atoms with Gasteiger partial charge in [-0.15, -0.1) is 0 Å². The maximum absolute atomic E-state index is 12.6. The highest BCUT2D eigenvalue weighted by Gasteiger charge is 2.19. The Labute approximate surface area is 170 Å². The molecule has 0 unspecified atom stereocenters. The molecular formula is C20H16Cl2N2O4. The normalized spacial score (nSPS) is 10.7. The quantitative estimate of drug-likeness (QED) is 0.498. The number of halogens is 2. The fraction of sp³-hybridized carbons (Fsp3) is 0.150. The summed E-state index contributed by atoms with van der Waals surface area (Å²) in [5.41, 5.74) is 1.93. The van der Waals surface area contributed by atoms with Crippen molar-refractivity contribution in [2.24, 2.45) is 0 Å². The molecule has 0 spiro atoms. The molecule has 144 valence electrons. The topological polar surface area (TPSA) is 81.2 Å². The number of benzene rings is 1. The maximum Gasteiger partial charge on any atom is 0.344 e. The molecule has 28 heavy (non-hydrogen) atoms. The number of H-pyrrole nitrogens is 1. The molecule has 1 N–H and O–H groups in total. The van der Waals surface area contributed by atoms with Gasteiger partial charge in [-0.3, -0.25) is 9.59 Å². The van der Waals surface area contributed by atoms with Gasteiger partial charge in [-0.2, -0.15) is 0 Å². The first-order valence-corrected chi connectivity index (χ1v) is 9.07. The number of nitrogens with one attached hydrogen (secondary N) is 1. The van der Waals surface area contributed by atoms with E-state index in [1.165, 1.54) is 18.3 Å². The van der Waals surface area contributed by atoms with Gasteiger partial charge in [0.25, 0.3) is 5.56 Å². The fourth-order valence-electron chi connectivity index (χ4n) is 2.94. The minimum atomic E-state index is -0.853. The maximum atomic E-state index is 12.6.